The molecule has 1 N–H and O–H groups in total. The quantitative estimate of drug-likeness (QED) is 0.542. The van der Waals surface area contributed by atoms with E-state index in [1.165, 1.54) is 16.4 Å². The summed E-state index contributed by atoms with van der Waals surface area (Å²) in [4.78, 5) is 14.5. The second kappa shape index (κ2) is 9.86. The third-order valence-electron chi connectivity index (χ3n) is 6.80. The van der Waals surface area contributed by atoms with E-state index in [-0.39, 0.29) is 49.1 Å². The second-order valence-electron chi connectivity index (χ2n) is 9.06. The summed E-state index contributed by atoms with van der Waals surface area (Å²) in [5, 5.41) is 10.0. The molecule has 2 heterocycles. The molecule has 0 aliphatic carbocycles. The predicted octanol–water partition coefficient (Wildman–Crippen LogP) is 2.73. The number of hydrogen-bond donors (Lipinski definition) is 1. The number of rotatable bonds is 5. The van der Waals surface area contributed by atoms with Gasteiger partial charge in [0.05, 0.1) is 31.0 Å². The van der Waals surface area contributed by atoms with Crippen LogP contribution in [0.25, 0.3) is 0 Å². The van der Waals surface area contributed by atoms with E-state index in [0.717, 1.165) is 11.1 Å². The number of hydrogen-bond acceptors (Lipinski definition) is 4. The van der Waals surface area contributed by atoms with Gasteiger partial charge in [0.25, 0.3) is 0 Å². The maximum Gasteiger partial charge on any atom is 0.238 e. The van der Waals surface area contributed by atoms with Crippen LogP contribution in [0.3, 0.4) is 0 Å². The molecule has 1 amide bonds. The fourth-order valence-electron chi connectivity index (χ4n) is 5.02. The Hall–Kier alpha value is -3.51. The molecule has 3 atom stereocenters. The van der Waals surface area contributed by atoms with E-state index < -0.39 is 16.1 Å². The Balaban J connectivity index is 1.34. The van der Waals surface area contributed by atoms with Crippen LogP contribution in [0.1, 0.15) is 28.2 Å². The third kappa shape index (κ3) is 4.78. The fourth-order valence-corrected chi connectivity index (χ4v) is 6.51. The van der Waals surface area contributed by atoms with E-state index in [1.807, 2.05) is 30.3 Å². The lowest BCUT2D eigenvalue weighted by atomic mass is 9.74. The van der Waals surface area contributed by atoms with Gasteiger partial charge in [-0.25, -0.2) is 12.8 Å². The summed E-state index contributed by atoms with van der Waals surface area (Å²) < 4.78 is 40.5. The van der Waals surface area contributed by atoms with Gasteiger partial charge in [-0.15, -0.1) is 0 Å². The van der Waals surface area contributed by atoms with E-state index >= 15 is 0 Å². The Morgan fingerprint density at radius 1 is 0.917 bits per heavy atom. The third-order valence-corrected chi connectivity index (χ3v) is 8.56. The maximum absolute atomic E-state index is 13.1. The SMILES string of the molecule is O=C1CN(S(=O)(=O)Cc2ccccc2)C[C@H]2[C@H](c3ccc(C#Cc4ccc(F)cc4)cc3)[C@H](CO)N12. The van der Waals surface area contributed by atoms with E-state index in [9.17, 15) is 22.7 Å². The van der Waals surface area contributed by atoms with Crippen molar-refractivity contribution in [2.75, 3.05) is 19.7 Å². The van der Waals surface area contributed by atoms with Gasteiger partial charge in [-0.1, -0.05) is 54.3 Å². The summed E-state index contributed by atoms with van der Waals surface area (Å²) >= 11 is 0. The first-order valence-electron chi connectivity index (χ1n) is 11.7. The molecule has 36 heavy (non-hydrogen) atoms. The van der Waals surface area contributed by atoms with Gasteiger partial charge in [-0.05, 0) is 47.5 Å². The average Bonchev–Trinajstić information content (AvgIpc) is 2.86. The summed E-state index contributed by atoms with van der Waals surface area (Å²) in [6.45, 7) is -0.225. The van der Waals surface area contributed by atoms with Crippen molar-refractivity contribution in [1.29, 1.82) is 0 Å². The van der Waals surface area contributed by atoms with Crippen LogP contribution in [0.2, 0.25) is 0 Å². The number of amides is 1. The summed E-state index contributed by atoms with van der Waals surface area (Å²) in [5.74, 6) is 5.09. The van der Waals surface area contributed by atoms with Crippen molar-refractivity contribution < 1.29 is 22.7 Å². The van der Waals surface area contributed by atoms with Gasteiger partial charge in [-0.2, -0.15) is 4.31 Å². The van der Waals surface area contributed by atoms with Crippen LogP contribution in [0, 0.1) is 17.7 Å². The summed E-state index contributed by atoms with van der Waals surface area (Å²) in [6.07, 6.45) is 0. The molecule has 8 heteroatoms. The Labute approximate surface area is 210 Å². The smallest absolute Gasteiger partial charge is 0.238 e. The number of aliphatic hydroxyl groups excluding tert-OH is 1. The maximum atomic E-state index is 13.1. The van der Waals surface area contributed by atoms with Crippen LogP contribution in [0.15, 0.2) is 78.9 Å². The molecule has 0 spiro atoms. The lowest BCUT2D eigenvalue weighted by Gasteiger charge is -2.58. The minimum atomic E-state index is -3.68. The fraction of sp³-hybridized carbons (Fsp3) is 0.250. The van der Waals surface area contributed by atoms with Gasteiger partial charge in [0.1, 0.15) is 5.82 Å². The van der Waals surface area contributed by atoms with Crippen LogP contribution >= 0.6 is 0 Å². The Morgan fingerprint density at radius 2 is 1.53 bits per heavy atom. The molecular weight excluding hydrogens is 479 g/mol. The Kier molecular flexibility index (Phi) is 6.63. The first-order valence-corrected chi connectivity index (χ1v) is 13.3. The van der Waals surface area contributed by atoms with Crippen LogP contribution < -0.4 is 0 Å². The number of fused-ring (bicyclic) bond motifs is 1. The van der Waals surface area contributed by atoms with Crippen LogP contribution in [0.5, 0.6) is 0 Å². The first kappa shape index (κ1) is 24.2. The molecular formula is C28H25FN2O4S. The van der Waals surface area contributed by atoms with Gasteiger partial charge in [0.15, 0.2) is 0 Å². The average molecular weight is 505 g/mol. The number of carbonyl (C=O) groups excluding carboxylic acids is 1. The monoisotopic (exact) mass is 504 g/mol. The molecule has 6 nitrogen and oxygen atoms in total. The molecule has 0 radical (unpaired) electrons. The highest BCUT2D eigenvalue weighted by molar-refractivity contribution is 7.88. The minimum Gasteiger partial charge on any atom is -0.394 e. The molecule has 2 aliphatic rings. The number of piperazine rings is 1. The predicted molar refractivity (Wildman–Crippen MR) is 134 cm³/mol. The topological polar surface area (TPSA) is 77.9 Å². The zero-order valence-electron chi connectivity index (χ0n) is 19.4. The molecule has 184 valence electrons. The molecule has 2 fully saturated rings. The number of aliphatic hydroxyl groups is 1. The Bertz CT molecular complexity index is 1410. The zero-order chi connectivity index (χ0) is 25.3. The molecule has 3 aromatic rings. The molecule has 0 aromatic heterocycles. The number of carbonyl (C=O) groups is 1. The van der Waals surface area contributed by atoms with Crippen molar-refractivity contribution in [3.63, 3.8) is 0 Å². The molecule has 0 saturated carbocycles. The van der Waals surface area contributed by atoms with E-state index in [2.05, 4.69) is 11.8 Å². The molecule has 3 aromatic carbocycles. The molecule has 0 unspecified atom stereocenters. The standard InChI is InChI=1S/C28H25FN2O4S/c29-24-14-10-21(11-15-24)7-6-20-8-12-23(13-9-20)28-25-16-30(17-27(33)31(25)26(28)18-32)36(34,35)19-22-4-2-1-3-5-22/h1-5,8-15,25-26,28,32H,16-19H2/t25-,26-,28-/m0/s1. The van der Waals surface area contributed by atoms with Crippen molar-refractivity contribution in [1.82, 2.24) is 9.21 Å². The largest absolute Gasteiger partial charge is 0.394 e. The Morgan fingerprint density at radius 3 is 2.14 bits per heavy atom. The van der Waals surface area contributed by atoms with Crippen LogP contribution in [0.4, 0.5) is 4.39 Å². The van der Waals surface area contributed by atoms with Crippen molar-refractivity contribution in [3.8, 4) is 11.8 Å². The second-order valence-corrected chi connectivity index (χ2v) is 11.0. The van der Waals surface area contributed by atoms with Crippen LogP contribution in [-0.4, -0.2) is 60.4 Å². The highest BCUT2D eigenvalue weighted by atomic mass is 32.2. The van der Waals surface area contributed by atoms with Gasteiger partial charge < -0.3 is 10.0 Å². The van der Waals surface area contributed by atoms with Crippen molar-refractivity contribution in [2.24, 2.45) is 0 Å². The molecule has 2 aliphatic heterocycles. The van der Waals surface area contributed by atoms with Crippen molar-refractivity contribution in [3.05, 3.63) is 107 Å². The van der Waals surface area contributed by atoms with Gasteiger partial charge in [-0.3, -0.25) is 4.79 Å². The first-order chi connectivity index (χ1) is 17.4. The number of halogens is 1. The highest BCUT2D eigenvalue weighted by Gasteiger charge is 2.55. The minimum absolute atomic E-state index is 0.163. The summed E-state index contributed by atoms with van der Waals surface area (Å²) in [5.41, 5.74) is 3.06. The number of nitrogens with zero attached hydrogens (tertiary/aromatic N) is 2. The van der Waals surface area contributed by atoms with Crippen molar-refractivity contribution >= 4 is 15.9 Å². The normalized spacial score (nSPS) is 21.8. The molecule has 2 saturated heterocycles. The van der Waals surface area contributed by atoms with E-state index in [0.29, 0.717) is 11.1 Å². The van der Waals surface area contributed by atoms with Gasteiger partial charge in [0, 0.05) is 23.6 Å². The van der Waals surface area contributed by atoms with E-state index in [4.69, 9.17) is 0 Å². The van der Waals surface area contributed by atoms with Gasteiger partial charge >= 0.3 is 0 Å². The highest BCUT2D eigenvalue weighted by Crippen LogP contribution is 2.43. The molecule has 5 rings (SSSR count). The van der Waals surface area contributed by atoms with E-state index in [1.54, 1.807) is 41.3 Å². The zero-order valence-corrected chi connectivity index (χ0v) is 20.2. The lowest BCUT2D eigenvalue weighted by molar-refractivity contribution is -0.158. The molecule has 0 bridgehead atoms. The number of sulfonamides is 1. The van der Waals surface area contributed by atoms with Crippen LogP contribution in [-0.2, 0) is 20.6 Å². The number of benzene rings is 3. The lowest BCUT2D eigenvalue weighted by Crippen LogP contribution is -2.73. The summed E-state index contributed by atoms with van der Waals surface area (Å²) in [7, 11) is -3.68. The van der Waals surface area contributed by atoms with Crippen molar-refractivity contribution in [2.45, 2.75) is 23.8 Å². The van der Waals surface area contributed by atoms with Gasteiger partial charge in [0.2, 0.25) is 15.9 Å². The summed E-state index contributed by atoms with van der Waals surface area (Å²) in [6, 6.07) is 21.6.